The van der Waals surface area contributed by atoms with Gasteiger partial charge in [0.2, 0.25) is 0 Å². The van der Waals surface area contributed by atoms with E-state index in [2.05, 4.69) is 27.8 Å². The lowest BCUT2D eigenvalue weighted by Crippen LogP contribution is -2.32. The van der Waals surface area contributed by atoms with E-state index in [4.69, 9.17) is 11.6 Å². The Morgan fingerprint density at radius 3 is 3.05 bits per heavy atom. The van der Waals surface area contributed by atoms with E-state index in [-0.39, 0.29) is 12.1 Å². The standard InChI is InChI=1S/C16H13ClN4O/c17-11-6-8-14-15(9-11)21(20-19-14)16(22)18-13-7-5-10-3-1-2-4-12(10)13/h1-4,6,8-9,13H,5,7H2,(H,18,22)/t13-/m1/s1. The van der Waals surface area contributed by atoms with Crippen molar-refractivity contribution in [2.24, 2.45) is 0 Å². The molecule has 6 heteroatoms. The third kappa shape index (κ3) is 2.14. The number of amides is 1. The van der Waals surface area contributed by atoms with Crippen LogP contribution in [0.25, 0.3) is 11.0 Å². The van der Waals surface area contributed by atoms with Crippen molar-refractivity contribution in [1.82, 2.24) is 20.3 Å². The molecule has 0 fully saturated rings. The molecule has 5 nitrogen and oxygen atoms in total. The zero-order valence-electron chi connectivity index (χ0n) is 11.7. The van der Waals surface area contributed by atoms with Crippen molar-refractivity contribution in [3.63, 3.8) is 0 Å². The summed E-state index contributed by atoms with van der Waals surface area (Å²) in [6, 6.07) is 13.1. The van der Waals surface area contributed by atoms with E-state index < -0.39 is 0 Å². The Morgan fingerprint density at radius 2 is 2.14 bits per heavy atom. The van der Waals surface area contributed by atoms with E-state index in [0.29, 0.717) is 16.1 Å². The first-order valence-electron chi connectivity index (χ1n) is 7.12. The SMILES string of the molecule is O=C(N[C@@H]1CCc2ccccc21)n1nnc2ccc(Cl)cc21. The third-order valence-corrected chi connectivity index (χ3v) is 4.27. The summed E-state index contributed by atoms with van der Waals surface area (Å²) in [5.74, 6) is 0. The maximum Gasteiger partial charge on any atom is 0.344 e. The van der Waals surface area contributed by atoms with E-state index in [1.54, 1.807) is 18.2 Å². The van der Waals surface area contributed by atoms with Gasteiger partial charge in [0.05, 0.1) is 6.04 Å². The van der Waals surface area contributed by atoms with Crippen molar-refractivity contribution in [3.05, 3.63) is 58.6 Å². The van der Waals surface area contributed by atoms with Crippen LogP contribution in [0.5, 0.6) is 0 Å². The van der Waals surface area contributed by atoms with Crippen LogP contribution < -0.4 is 5.32 Å². The number of aryl methyl sites for hydroxylation is 1. The largest absolute Gasteiger partial charge is 0.344 e. The molecule has 22 heavy (non-hydrogen) atoms. The minimum Gasteiger partial charge on any atom is -0.329 e. The van der Waals surface area contributed by atoms with E-state index in [9.17, 15) is 4.79 Å². The van der Waals surface area contributed by atoms with Crippen LogP contribution in [0.15, 0.2) is 42.5 Å². The summed E-state index contributed by atoms with van der Waals surface area (Å²) < 4.78 is 1.27. The molecule has 110 valence electrons. The number of carbonyl (C=O) groups excluding carboxylic acids is 1. The smallest absolute Gasteiger partial charge is 0.329 e. The van der Waals surface area contributed by atoms with Crippen molar-refractivity contribution in [2.75, 3.05) is 0 Å². The minimum absolute atomic E-state index is 0.0159. The first-order valence-corrected chi connectivity index (χ1v) is 7.50. The quantitative estimate of drug-likeness (QED) is 0.749. The van der Waals surface area contributed by atoms with Gasteiger partial charge in [-0.3, -0.25) is 0 Å². The fourth-order valence-electron chi connectivity index (χ4n) is 2.96. The summed E-state index contributed by atoms with van der Waals surface area (Å²) in [5.41, 5.74) is 3.72. The average molecular weight is 313 g/mol. The summed E-state index contributed by atoms with van der Waals surface area (Å²) in [4.78, 5) is 12.5. The second-order valence-corrected chi connectivity index (χ2v) is 5.81. The maximum atomic E-state index is 12.5. The first kappa shape index (κ1) is 13.3. The number of carbonyl (C=O) groups is 1. The van der Waals surface area contributed by atoms with Gasteiger partial charge in [-0.05, 0) is 42.2 Å². The third-order valence-electron chi connectivity index (χ3n) is 4.03. The lowest BCUT2D eigenvalue weighted by molar-refractivity contribution is 0.236. The number of fused-ring (bicyclic) bond motifs is 2. The fourth-order valence-corrected chi connectivity index (χ4v) is 3.13. The van der Waals surface area contributed by atoms with Crippen molar-refractivity contribution in [1.29, 1.82) is 0 Å². The monoisotopic (exact) mass is 312 g/mol. The van der Waals surface area contributed by atoms with E-state index >= 15 is 0 Å². The molecule has 1 amide bonds. The molecule has 1 aliphatic rings. The molecule has 1 aliphatic carbocycles. The van der Waals surface area contributed by atoms with Gasteiger partial charge < -0.3 is 5.32 Å². The van der Waals surface area contributed by atoms with E-state index in [1.807, 2.05) is 12.1 Å². The van der Waals surface area contributed by atoms with Gasteiger partial charge in [-0.2, -0.15) is 4.68 Å². The van der Waals surface area contributed by atoms with Gasteiger partial charge in [0.15, 0.2) is 0 Å². The van der Waals surface area contributed by atoms with Crippen LogP contribution in [0.4, 0.5) is 4.79 Å². The van der Waals surface area contributed by atoms with Gasteiger partial charge >= 0.3 is 6.03 Å². The summed E-state index contributed by atoms with van der Waals surface area (Å²) >= 11 is 5.99. The molecule has 0 radical (unpaired) electrons. The number of halogens is 1. The molecule has 1 aromatic heterocycles. The Labute approximate surface area is 131 Å². The van der Waals surface area contributed by atoms with Crippen LogP contribution in [0.3, 0.4) is 0 Å². The molecule has 0 bridgehead atoms. The highest BCUT2D eigenvalue weighted by atomic mass is 35.5. The summed E-state index contributed by atoms with van der Waals surface area (Å²) in [6.45, 7) is 0. The van der Waals surface area contributed by atoms with Crippen molar-refractivity contribution >= 4 is 28.7 Å². The molecule has 0 saturated heterocycles. The highest BCUT2D eigenvalue weighted by Gasteiger charge is 2.24. The van der Waals surface area contributed by atoms with Crippen molar-refractivity contribution in [2.45, 2.75) is 18.9 Å². The van der Waals surface area contributed by atoms with Gasteiger partial charge in [0.1, 0.15) is 11.0 Å². The lowest BCUT2D eigenvalue weighted by Gasteiger charge is -2.13. The highest BCUT2D eigenvalue weighted by molar-refractivity contribution is 6.31. The Kier molecular flexibility index (Phi) is 3.08. The Hall–Kier alpha value is -2.40. The summed E-state index contributed by atoms with van der Waals surface area (Å²) in [6.07, 6.45) is 1.88. The van der Waals surface area contributed by atoms with E-state index in [0.717, 1.165) is 12.8 Å². The zero-order valence-corrected chi connectivity index (χ0v) is 12.4. The van der Waals surface area contributed by atoms with Crippen molar-refractivity contribution < 1.29 is 4.79 Å². The molecule has 0 unspecified atom stereocenters. The number of benzene rings is 2. The average Bonchev–Trinajstić information content (AvgIpc) is 3.11. The Balaban J connectivity index is 1.64. The fraction of sp³-hybridized carbons (Fsp3) is 0.188. The maximum absolute atomic E-state index is 12.5. The minimum atomic E-state index is -0.286. The molecule has 0 saturated carbocycles. The van der Waals surface area contributed by atoms with E-state index in [1.165, 1.54) is 15.8 Å². The lowest BCUT2D eigenvalue weighted by atomic mass is 10.1. The van der Waals surface area contributed by atoms with Crippen LogP contribution >= 0.6 is 11.6 Å². The number of hydrogen-bond acceptors (Lipinski definition) is 3. The number of rotatable bonds is 1. The van der Waals surface area contributed by atoms with Crippen molar-refractivity contribution in [3.8, 4) is 0 Å². The normalized spacial score (nSPS) is 16.7. The number of aromatic nitrogens is 3. The Morgan fingerprint density at radius 1 is 1.27 bits per heavy atom. The zero-order chi connectivity index (χ0) is 15.1. The van der Waals surface area contributed by atoms with Crippen LogP contribution in [0, 0.1) is 0 Å². The molecule has 1 atom stereocenters. The predicted octanol–water partition coefficient (Wildman–Crippen LogP) is 3.33. The Bertz CT molecular complexity index is 873. The molecule has 1 N–H and O–H groups in total. The van der Waals surface area contributed by atoms with Gasteiger partial charge in [-0.15, -0.1) is 5.10 Å². The van der Waals surface area contributed by atoms with Crippen LogP contribution in [-0.4, -0.2) is 21.0 Å². The number of nitrogens with one attached hydrogen (secondary N) is 1. The molecule has 1 heterocycles. The number of hydrogen-bond donors (Lipinski definition) is 1. The molecular weight excluding hydrogens is 300 g/mol. The first-order chi connectivity index (χ1) is 10.7. The van der Waals surface area contributed by atoms with Crippen LogP contribution in [0.2, 0.25) is 5.02 Å². The molecule has 4 rings (SSSR count). The second-order valence-electron chi connectivity index (χ2n) is 5.37. The van der Waals surface area contributed by atoms with Gasteiger partial charge in [-0.1, -0.05) is 41.1 Å². The molecule has 0 aliphatic heterocycles. The second kappa shape index (κ2) is 5.10. The van der Waals surface area contributed by atoms with Gasteiger partial charge in [0.25, 0.3) is 0 Å². The van der Waals surface area contributed by atoms with Crippen LogP contribution in [0.1, 0.15) is 23.6 Å². The topological polar surface area (TPSA) is 59.8 Å². The molecule has 3 aromatic rings. The summed E-state index contributed by atoms with van der Waals surface area (Å²) in [5, 5.41) is 11.5. The summed E-state index contributed by atoms with van der Waals surface area (Å²) in [7, 11) is 0. The highest BCUT2D eigenvalue weighted by Crippen LogP contribution is 2.30. The number of nitrogens with zero attached hydrogens (tertiary/aromatic N) is 3. The molecule has 0 spiro atoms. The predicted molar refractivity (Wildman–Crippen MR) is 84.0 cm³/mol. The molecular formula is C16H13ClN4O. The van der Waals surface area contributed by atoms with Crippen LogP contribution in [-0.2, 0) is 6.42 Å². The van der Waals surface area contributed by atoms with Gasteiger partial charge in [-0.25, -0.2) is 4.79 Å². The van der Waals surface area contributed by atoms with Gasteiger partial charge in [0, 0.05) is 5.02 Å². The molecule has 2 aromatic carbocycles.